The number of thiophene rings is 1. The largest absolute Gasteiger partial charge is 0.464 e. The summed E-state index contributed by atoms with van der Waals surface area (Å²) in [6, 6.07) is 8.16. The number of halogens is 1. The van der Waals surface area contributed by atoms with E-state index in [1.165, 1.54) is 36.4 Å². The summed E-state index contributed by atoms with van der Waals surface area (Å²) in [5, 5.41) is 0.480. The average molecular weight is 525 g/mol. The molecule has 4 rings (SSSR count). The molecule has 2 aromatic heterocycles. The van der Waals surface area contributed by atoms with Crippen molar-refractivity contribution in [2.24, 2.45) is 0 Å². The maximum absolute atomic E-state index is 13.7. The van der Waals surface area contributed by atoms with Crippen LogP contribution in [0.4, 0.5) is 10.1 Å². The highest BCUT2D eigenvalue weighted by Crippen LogP contribution is 2.37. The van der Waals surface area contributed by atoms with Crippen molar-refractivity contribution in [3.8, 4) is 17.4 Å². The van der Waals surface area contributed by atoms with E-state index in [2.05, 4.69) is 9.71 Å². The summed E-state index contributed by atoms with van der Waals surface area (Å²) in [4.78, 5) is 4.02. The van der Waals surface area contributed by atoms with Gasteiger partial charge in [-0.3, -0.25) is 4.72 Å². The number of aryl methyl sites for hydroxylation is 2. The third kappa shape index (κ3) is 4.52. The maximum Gasteiger partial charge on any atom is 0.308 e. The Morgan fingerprint density at radius 3 is 2.53 bits per heavy atom. The van der Waals surface area contributed by atoms with Gasteiger partial charge in [0.1, 0.15) is 15.7 Å². The number of fused-ring (bicyclic) bond motifs is 1. The summed E-state index contributed by atoms with van der Waals surface area (Å²) in [5.74, 6) is -0.114. The molecule has 0 atom stereocenters. The SMILES string of the molecule is CCOc1oc(-c2ccc(NS(=O)(=O)c3sc4ccc(F)cc4c3C)c(S(C)(=O)=O)c2)nc1C. The molecule has 0 aliphatic carbocycles. The molecular weight excluding hydrogens is 503 g/mol. The number of sulfonamides is 1. The number of hydrogen-bond donors (Lipinski definition) is 1. The lowest BCUT2D eigenvalue weighted by molar-refractivity contribution is 0.258. The van der Waals surface area contributed by atoms with E-state index in [0.29, 0.717) is 33.5 Å². The quantitative estimate of drug-likeness (QED) is 0.365. The zero-order chi connectivity index (χ0) is 24.8. The molecule has 2 heterocycles. The first-order valence-electron chi connectivity index (χ1n) is 10.1. The number of rotatable bonds is 7. The van der Waals surface area contributed by atoms with Gasteiger partial charge in [-0.25, -0.2) is 26.2 Å². The molecule has 0 saturated heterocycles. The molecule has 0 aliphatic heterocycles. The molecule has 4 aromatic rings. The first kappa shape index (κ1) is 24.2. The molecule has 34 heavy (non-hydrogen) atoms. The molecule has 0 amide bonds. The van der Waals surface area contributed by atoms with Crippen molar-refractivity contribution < 1.29 is 30.4 Å². The molecule has 0 bridgehead atoms. The van der Waals surface area contributed by atoms with Crippen molar-refractivity contribution >= 4 is 47.0 Å². The van der Waals surface area contributed by atoms with Crippen LogP contribution in [0.2, 0.25) is 0 Å². The summed E-state index contributed by atoms with van der Waals surface area (Å²) >= 11 is 0.976. The van der Waals surface area contributed by atoms with Crippen molar-refractivity contribution in [3.05, 3.63) is 53.5 Å². The van der Waals surface area contributed by atoms with Gasteiger partial charge in [0.05, 0.1) is 17.2 Å². The Balaban J connectivity index is 1.77. The molecule has 2 aromatic carbocycles. The van der Waals surface area contributed by atoms with Crippen LogP contribution in [0.3, 0.4) is 0 Å². The number of nitrogens with zero attached hydrogens (tertiary/aromatic N) is 1. The van der Waals surface area contributed by atoms with Crippen LogP contribution < -0.4 is 9.46 Å². The predicted molar refractivity (Wildman–Crippen MR) is 128 cm³/mol. The van der Waals surface area contributed by atoms with Crippen molar-refractivity contribution in [2.75, 3.05) is 17.6 Å². The minimum absolute atomic E-state index is 0.0266. The zero-order valence-electron chi connectivity index (χ0n) is 18.7. The van der Waals surface area contributed by atoms with E-state index in [1.807, 2.05) is 0 Å². The molecule has 0 unspecified atom stereocenters. The van der Waals surface area contributed by atoms with Crippen LogP contribution in [0.15, 0.2) is 49.9 Å². The minimum Gasteiger partial charge on any atom is -0.464 e. The van der Waals surface area contributed by atoms with E-state index in [1.54, 1.807) is 20.8 Å². The van der Waals surface area contributed by atoms with Crippen molar-refractivity contribution in [1.29, 1.82) is 0 Å². The van der Waals surface area contributed by atoms with E-state index in [9.17, 15) is 21.2 Å². The van der Waals surface area contributed by atoms with Crippen LogP contribution in [0.1, 0.15) is 18.2 Å². The second-order valence-corrected chi connectivity index (χ2v) is 12.5. The first-order valence-corrected chi connectivity index (χ1v) is 14.3. The Bertz CT molecular complexity index is 1620. The fourth-order valence-corrected chi connectivity index (χ4v) is 7.19. The van der Waals surface area contributed by atoms with Crippen LogP contribution in [0.5, 0.6) is 5.95 Å². The highest BCUT2D eigenvalue weighted by Gasteiger charge is 2.26. The highest BCUT2D eigenvalue weighted by atomic mass is 32.2. The van der Waals surface area contributed by atoms with Gasteiger partial charge in [-0.2, -0.15) is 0 Å². The lowest BCUT2D eigenvalue weighted by Crippen LogP contribution is -2.15. The fraction of sp³-hybridized carbons (Fsp3) is 0.227. The van der Waals surface area contributed by atoms with Gasteiger partial charge < -0.3 is 9.15 Å². The molecular formula is C22H21FN2O6S3. The van der Waals surface area contributed by atoms with Crippen molar-refractivity contribution in [3.63, 3.8) is 0 Å². The highest BCUT2D eigenvalue weighted by molar-refractivity contribution is 7.95. The molecule has 8 nitrogen and oxygen atoms in total. The Morgan fingerprint density at radius 2 is 1.85 bits per heavy atom. The van der Waals surface area contributed by atoms with Gasteiger partial charge >= 0.3 is 5.95 Å². The number of aromatic nitrogens is 1. The molecule has 12 heteroatoms. The van der Waals surface area contributed by atoms with Crippen LogP contribution >= 0.6 is 11.3 Å². The molecule has 180 valence electrons. The fourth-order valence-electron chi connectivity index (χ4n) is 3.44. The topological polar surface area (TPSA) is 116 Å². The van der Waals surface area contributed by atoms with E-state index in [-0.39, 0.29) is 26.6 Å². The standard InChI is InChI=1S/C22H21FN2O6S3/c1-5-30-21-13(3)24-20(31-21)14-6-8-17(19(10-14)33(4,26)27)25-34(28,29)22-12(2)16-11-15(23)7-9-18(16)32-22/h6-11,25H,5H2,1-4H3. The Labute approximate surface area is 200 Å². The van der Waals surface area contributed by atoms with Gasteiger partial charge in [0, 0.05) is 16.5 Å². The number of nitrogens with one attached hydrogen (secondary N) is 1. The van der Waals surface area contributed by atoms with Gasteiger partial charge in [0.15, 0.2) is 9.84 Å². The smallest absolute Gasteiger partial charge is 0.308 e. The third-order valence-corrected chi connectivity index (χ3v) is 9.40. The lowest BCUT2D eigenvalue weighted by atomic mass is 10.2. The van der Waals surface area contributed by atoms with E-state index < -0.39 is 25.7 Å². The minimum atomic E-state index is -4.17. The third-order valence-electron chi connectivity index (χ3n) is 5.00. The molecule has 1 N–H and O–H groups in total. The number of benzene rings is 2. The summed E-state index contributed by atoms with van der Waals surface area (Å²) < 4.78 is 79.0. The summed E-state index contributed by atoms with van der Waals surface area (Å²) in [6.45, 7) is 5.43. The summed E-state index contributed by atoms with van der Waals surface area (Å²) in [6.07, 6.45) is 0.976. The van der Waals surface area contributed by atoms with Crippen molar-refractivity contribution in [2.45, 2.75) is 29.9 Å². The number of hydrogen-bond acceptors (Lipinski definition) is 8. The maximum atomic E-state index is 13.7. The lowest BCUT2D eigenvalue weighted by Gasteiger charge is -2.12. The van der Waals surface area contributed by atoms with Gasteiger partial charge in [-0.05, 0) is 68.1 Å². The van der Waals surface area contributed by atoms with Crippen molar-refractivity contribution in [1.82, 2.24) is 4.98 Å². The average Bonchev–Trinajstić information content (AvgIpc) is 3.28. The summed E-state index contributed by atoms with van der Waals surface area (Å²) in [7, 11) is -8.01. The van der Waals surface area contributed by atoms with Gasteiger partial charge in [0.25, 0.3) is 10.0 Å². The second kappa shape index (κ2) is 8.67. The Hall–Kier alpha value is -2.96. The van der Waals surface area contributed by atoms with E-state index in [4.69, 9.17) is 9.15 Å². The summed E-state index contributed by atoms with van der Waals surface area (Å²) in [5.41, 5.74) is 1.09. The van der Waals surface area contributed by atoms with Crippen LogP contribution in [0, 0.1) is 19.7 Å². The normalized spacial score (nSPS) is 12.3. The number of ether oxygens (including phenoxy) is 1. The molecule has 0 aliphatic rings. The zero-order valence-corrected chi connectivity index (χ0v) is 21.1. The van der Waals surface area contributed by atoms with E-state index >= 15 is 0 Å². The molecule has 0 spiro atoms. The van der Waals surface area contributed by atoms with Gasteiger partial charge in [-0.1, -0.05) is 0 Å². The van der Waals surface area contributed by atoms with Gasteiger partial charge in [-0.15, -0.1) is 11.3 Å². The number of oxazole rings is 1. The van der Waals surface area contributed by atoms with Crippen LogP contribution in [-0.2, 0) is 19.9 Å². The van der Waals surface area contributed by atoms with Crippen LogP contribution in [-0.4, -0.2) is 34.7 Å². The monoisotopic (exact) mass is 524 g/mol. The number of sulfone groups is 1. The molecule has 0 saturated carbocycles. The second-order valence-electron chi connectivity index (χ2n) is 7.57. The van der Waals surface area contributed by atoms with Crippen LogP contribution in [0.25, 0.3) is 21.5 Å². The Morgan fingerprint density at radius 1 is 1.12 bits per heavy atom. The van der Waals surface area contributed by atoms with Gasteiger partial charge in [0.2, 0.25) is 5.89 Å². The number of anilines is 1. The Kier molecular flexibility index (Phi) is 6.17. The first-order chi connectivity index (χ1) is 15.9. The molecule has 0 fully saturated rings. The predicted octanol–water partition coefficient (Wildman–Crippen LogP) is 4.92. The van der Waals surface area contributed by atoms with E-state index in [0.717, 1.165) is 17.6 Å². The molecule has 0 radical (unpaired) electrons.